The Morgan fingerprint density at radius 1 is 0.868 bits per heavy atom. The molecule has 4 aromatic rings. The van der Waals surface area contributed by atoms with Gasteiger partial charge in [0.1, 0.15) is 5.82 Å². The van der Waals surface area contributed by atoms with E-state index in [1.807, 2.05) is 54.3 Å². The summed E-state index contributed by atoms with van der Waals surface area (Å²) in [6.07, 6.45) is -4.40. The smallest absolute Gasteiger partial charge is 0.353 e. The van der Waals surface area contributed by atoms with Crippen molar-refractivity contribution in [2.45, 2.75) is 32.9 Å². The molecule has 8 heteroatoms. The number of hydrogen-bond donors (Lipinski definition) is 0. The Hall–Kier alpha value is -3.94. The number of benzene rings is 3. The third-order valence-electron chi connectivity index (χ3n) is 7.05. The number of nitrogens with zero attached hydrogens (tertiary/aromatic N) is 4. The number of fused-ring (bicyclic) bond motifs is 1. The Morgan fingerprint density at radius 2 is 1.53 bits per heavy atom. The molecule has 1 aliphatic rings. The predicted molar refractivity (Wildman–Crippen MR) is 143 cm³/mol. The molecule has 2 heterocycles. The van der Waals surface area contributed by atoms with Crippen LogP contribution in [0.15, 0.2) is 66.7 Å². The van der Waals surface area contributed by atoms with Crippen LogP contribution in [-0.4, -0.2) is 47.0 Å². The maximum absolute atomic E-state index is 13.4. The maximum atomic E-state index is 13.4. The maximum Gasteiger partial charge on any atom is 0.416 e. The molecule has 0 spiro atoms. The summed E-state index contributed by atoms with van der Waals surface area (Å²) in [6.45, 7) is 8.34. The molecule has 38 heavy (non-hydrogen) atoms. The molecule has 0 unspecified atom stereocenters. The highest BCUT2D eigenvalue weighted by Gasteiger charge is 2.31. The first kappa shape index (κ1) is 25.7. The van der Waals surface area contributed by atoms with Crippen LogP contribution in [0.1, 0.15) is 46.9 Å². The van der Waals surface area contributed by atoms with Crippen LogP contribution in [0.2, 0.25) is 0 Å². The second kappa shape index (κ2) is 10.1. The van der Waals surface area contributed by atoms with Crippen molar-refractivity contribution in [1.29, 1.82) is 0 Å². The molecular formula is C30H29F3N4O. The van der Waals surface area contributed by atoms with Crippen LogP contribution in [0.3, 0.4) is 0 Å². The van der Waals surface area contributed by atoms with Crippen LogP contribution in [0.25, 0.3) is 22.2 Å². The minimum absolute atomic E-state index is 0.00912. The second-order valence-electron chi connectivity index (χ2n) is 9.91. The molecular weight excluding hydrogens is 489 g/mol. The first-order valence-corrected chi connectivity index (χ1v) is 12.7. The summed E-state index contributed by atoms with van der Waals surface area (Å²) in [4.78, 5) is 26.9. The fourth-order valence-corrected chi connectivity index (χ4v) is 5.12. The van der Waals surface area contributed by atoms with E-state index in [2.05, 4.69) is 23.7 Å². The van der Waals surface area contributed by atoms with E-state index >= 15 is 0 Å². The Labute approximate surface area is 219 Å². The van der Waals surface area contributed by atoms with Crippen LogP contribution in [0.4, 0.5) is 19.0 Å². The average Bonchev–Trinajstić information content (AvgIpc) is 2.91. The lowest BCUT2D eigenvalue weighted by Crippen LogP contribution is -2.49. The number of aromatic nitrogens is 2. The van der Waals surface area contributed by atoms with E-state index in [9.17, 15) is 18.0 Å². The minimum Gasteiger partial charge on any atom is -0.353 e. The predicted octanol–water partition coefficient (Wildman–Crippen LogP) is 6.71. The molecule has 3 aromatic carbocycles. The first-order chi connectivity index (χ1) is 18.1. The van der Waals surface area contributed by atoms with Gasteiger partial charge in [-0.2, -0.15) is 13.2 Å². The number of anilines is 1. The number of amides is 1. The van der Waals surface area contributed by atoms with Crippen LogP contribution in [-0.2, 0) is 6.18 Å². The van der Waals surface area contributed by atoms with Gasteiger partial charge in [0.2, 0.25) is 0 Å². The summed E-state index contributed by atoms with van der Waals surface area (Å²) in [7, 11) is 0. The molecule has 5 rings (SSSR count). The number of piperazine rings is 1. The van der Waals surface area contributed by atoms with E-state index in [0.29, 0.717) is 43.1 Å². The van der Waals surface area contributed by atoms with Crippen molar-refractivity contribution in [1.82, 2.24) is 14.9 Å². The molecule has 1 fully saturated rings. The van der Waals surface area contributed by atoms with E-state index in [1.165, 1.54) is 12.1 Å². The SMILES string of the molecule is Cc1nc(-c2ccc(C(F)(F)F)cc2)nc(N2CCN(C(=O)c3cccc4ccccc34)CC2)c1C(C)C. The van der Waals surface area contributed by atoms with Gasteiger partial charge in [-0.05, 0) is 41.8 Å². The number of alkyl halides is 3. The molecule has 1 amide bonds. The highest BCUT2D eigenvalue weighted by molar-refractivity contribution is 6.07. The lowest BCUT2D eigenvalue weighted by atomic mass is 10.0. The van der Waals surface area contributed by atoms with Crippen molar-refractivity contribution < 1.29 is 18.0 Å². The van der Waals surface area contributed by atoms with Crippen molar-refractivity contribution in [3.63, 3.8) is 0 Å². The van der Waals surface area contributed by atoms with Crippen LogP contribution in [0.5, 0.6) is 0 Å². The van der Waals surface area contributed by atoms with E-state index in [-0.39, 0.29) is 11.8 Å². The summed E-state index contributed by atoms with van der Waals surface area (Å²) in [6, 6.07) is 18.6. The second-order valence-corrected chi connectivity index (χ2v) is 9.91. The van der Waals surface area contributed by atoms with E-state index in [4.69, 9.17) is 4.98 Å². The van der Waals surface area contributed by atoms with Crippen molar-refractivity contribution in [3.05, 3.63) is 89.1 Å². The molecule has 1 aliphatic heterocycles. The first-order valence-electron chi connectivity index (χ1n) is 12.7. The normalized spacial score (nSPS) is 14.4. The third-order valence-corrected chi connectivity index (χ3v) is 7.05. The Kier molecular flexibility index (Phi) is 6.82. The molecule has 196 valence electrons. The van der Waals surface area contributed by atoms with Crippen molar-refractivity contribution in [3.8, 4) is 11.4 Å². The molecule has 0 atom stereocenters. The molecule has 0 radical (unpaired) electrons. The fourth-order valence-electron chi connectivity index (χ4n) is 5.12. The van der Waals surface area contributed by atoms with Gasteiger partial charge in [0.05, 0.1) is 5.56 Å². The molecule has 1 aromatic heterocycles. The zero-order valence-corrected chi connectivity index (χ0v) is 21.6. The van der Waals surface area contributed by atoms with Gasteiger partial charge in [-0.25, -0.2) is 9.97 Å². The van der Waals surface area contributed by atoms with Gasteiger partial charge in [-0.3, -0.25) is 4.79 Å². The fraction of sp³-hybridized carbons (Fsp3) is 0.300. The average molecular weight is 519 g/mol. The topological polar surface area (TPSA) is 49.3 Å². The van der Waals surface area contributed by atoms with Gasteiger partial charge in [0, 0.05) is 48.6 Å². The molecule has 0 saturated carbocycles. The Balaban J connectivity index is 1.40. The van der Waals surface area contributed by atoms with Crippen molar-refractivity contribution in [2.24, 2.45) is 0 Å². The van der Waals surface area contributed by atoms with Gasteiger partial charge in [0.15, 0.2) is 5.82 Å². The van der Waals surface area contributed by atoms with Gasteiger partial charge >= 0.3 is 6.18 Å². The number of halogens is 3. The molecule has 1 saturated heterocycles. The van der Waals surface area contributed by atoms with Crippen molar-refractivity contribution in [2.75, 3.05) is 31.1 Å². The van der Waals surface area contributed by atoms with Crippen LogP contribution < -0.4 is 4.90 Å². The Morgan fingerprint density at radius 3 is 2.18 bits per heavy atom. The van der Waals surface area contributed by atoms with Gasteiger partial charge in [0.25, 0.3) is 5.91 Å². The largest absolute Gasteiger partial charge is 0.416 e. The molecule has 5 nitrogen and oxygen atoms in total. The van der Waals surface area contributed by atoms with Gasteiger partial charge in [-0.1, -0.05) is 62.4 Å². The van der Waals surface area contributed by atoms with Crippen LogP contribution >= 0.6 is 0 Å². The highest BCUT2D eigenvalue weighted by Crippen LogP contribution is 2.34. The zero-order chi connectivity index (χ0) is 27.0. The third kappa shape index (κ3) is 4.95. The number of aryl methyl sites for hydroxylation is 1. The van der Waals surface area contributed by atoms with E-state index < -0.39 is 11.7 Å². The summed E-state index contributed by atoms with van der Waals surface area (Å²) in [5.41, 5.74) is 2.33. The summed E-state index contributed by atoms with van der Waals surface area (Å²) in [5.74, 6) is 1.33. The van der Waals surface area contributed by atoms with E-state index in [0.717, 1.165) is 40.0 Å². The zero-order valence-electron chi connectivity index (χ0n) is 21.6. The molecule has 0 N–H and O–H groups in total. The highest BCUT2D eigenvalue weighted by atomic mass is 19.4. The van der Waals surface area contributed by atoms with Gasteiger partial charge in [-0.15, -0.1) is 0 Å². The monoisotopic (exact) mass is 518 g/mol. The number of carbonyl (C=O) groups excluding carboxylic acids is 1. The lowest BCUT2D eigenvalue weighted by Gasteiger charge is -2.37. The van der Waals surface area contributed by atoms with Crippen molar-refractivity contribution >= 4 is 22.5 Å². The summed E-state index contributed by atoms with van der Waals surface area (Å²) < 4.78 is 39.1. The number of carbonyl (C=O) groups is 1. The van der Waals surface area contributed by atoms with E-state index in [1.54, 1.807) is 0 Å². The number of rotatable bonds is 4. The summed E-state index contributed by atoms with van der Waals surface area (Å²) >= 11 is 0. The standard InChI is InChI=1S/C30H29F3N4O/c1-19(2)26-20(3)34-27(22-11-13-23(14-12-22)30(31,32)33)35-28(26)36-15-17-37(18-16-36)29(38)25-10-6-8-21-7-4-5-9-24(21)25/h4-14,19H,15-18H2,1-3H3. The minimum atomic E-state index is -4.40. The lowest BCUT2D eigenvalue weighted by molar-refractivity contribution is -0.137. The Bertz CT molecular complexity index is 1470. The molecule has 0 bridgehead atoms. The number of hydrogen-bond acceptors (Lipinski definition) is 4. The quantitative estimate of drug-likeness (QED) is 0.301. The van der Waals surface area contributed by atoms with Gasteiger partial charge < -0.3 is 9.80 Å². The summed E-state index contributed by atoms with van der Waals surface area (Å²) in [5, 5.41) is 1.97. The van der Waals surface area contributed by atoms with Crippen LogP contribution in [0, 0.1) is 6.92 Å². The molecule has 0 aliphatic carbocycles.